The Labute approximate surface area is 208 Å². The molecule has 1 heterocycles. The quantitative estimate of drug-likeness (QED) is 0.391. The number of ether oxygens (including phenoxy) is 1. The number of fused-ring (bicyclic) bond motifs is 1. The number of rotatable bonds is 8. The molecular weight excluding hydrogens is 494 g/mol. The Morgan fingerprint density at radius 1 is 1.09 bits per heavy atom. The Hall–Kier alpha value is -3.37. The average molecular weight is 520 g/mol. The molecule has 3 rings (SSSR count). The molecule has 186 valence electrons. The van der Waals surface area contributed by atoms with Gasteiger partial charge in [0.2, 0.25) is 15.7 Å². The number of aromatic nitrogens is 1. The first-order chi connectivity index (χ1) is 16.4. The highest BCUT2D eigenvalue weighted by molar-refractivity contribution is 7.91. The van der Waals surface area contributed by atoms with Crippen LogP contribution >= 0.6 is 11.6 Å². The maximum Gasteiger partial charge on any atom is 0.328 e. The maximum atomic E-state index is 13.7. The van der Waals surface area contributed by atoms with Crippen LogP contribution in [0.4, 0.5) is 0 Å². The number of sulfone groups is 1. The highest BCUT2D eigenvalue weighted by Gasteiger charge is 2.30. The molecule has 2 aromatic carbocycles. The van der Waals surface area contributed by atoms with Crippen molar-refractivity contribution in [2.75, 3.05) is 13.2 Å². The van der Waals surface area contributed by atoms with Crippen molar-refractivity contribution < 1.29 is 27.5 Å². The van der Waals surface area contributed by atoms with Gasteiger partial charge in [0.1, 0.15) is 16.6 Å². The van der Waals surface area contributed by atoms with Gasteiger partial charge in [-0.05, 0) is 69.2 Å². The lowest BCUT2D eigenvalue weighted by Crippen LogP contribution is -2.44. The van der Waals surface area contributed by atoms with E-state index >= 15 is 0 Å². The summed E-state index contributed by atoms with van der Waals surface area (Å²) in [4.78, 5) is 39.6. The number of aromatic amines is 1. The summed E-state index contributed by atoms with van der Waals surface area (Å²) in [6, 6.07) is 8.59. The van der Waals surface area contributed by atoms with Crippen molar-refractivity contribution in [1.29, 1.82) is 0 Å². The second-order valence-electron chi connectivity index (χ2n) is 8.07. The normalized spacial score (nSPS) is 12.3. The zero-order valence-electron chi connectivity index (χ0n) is 19.7. The van der Waals surface area contributed by atoms with Gasteiger partial charge in [-0.15, -0.1) is 0 Å². The molecule has 1 unspecified atom stereocenters. The molecule has 11 heteroatoms. The molecule has 9 nitrogen and oxygen atoms in total. The SMILES string of the molecule is CCOC(=O)C(C)NC(=O)CNC(=O)c1[nH]c2ccc(Cl)cc2c1S(=O)(=O)c1cc(C)cc(C)c1. The summed E-state index contributed by atoms with van der Waals surface area (Å²) in [6.45, 7) is 6.33. The monoisotopic (exact) mass is 519 g/mol. The number of benzene rings is 2. The van der Waals surface area contributed by atoms with Gasteiger partial charge < -0.3 is 20.4 Å². The van der Waals surface area contributed by atoms with Crippen LogP contribution in [0.15, 0.2) is 46.2 Å². The minimum absolute atomic E-state index is 0.0333. The van der Waals surface area contributed by atoms with Crippen molar-refractivity contribution in [3.05, 3.63) is 58.2 Å². The Morgan fingerprint density at radius 3 is 2.37 bits per heavy atom. The predicted octanol–water partition coefficient (Wildman–Crippen LogP) is 3.07. The minimum Gasteiger partial charge on any atom is -0.464 e. The van der Waals surface area contributed by atoms with Crippen molar-refractivity contribution in [1.82, 2.24) is 15.6 Å². The van der Waals surface area contributed by atoms with Gasteiger partial charge in [0.15, 0.2) is 0 Å². The van der Waals surface area contributed by atoms with Crippen LogP contribution in [0, 0.1) is 13.8 Å². The van der Waals surface area contributed by atoms with E-state index in [1.54, 1.807) is 32.9 Å². The molecule has 3 N–H and O–H groups in total. The second kappa shape index (κ2) is 10.5. The number of amides is 2. The van der Waals surface area contributed by atoms with Crippen molar-refractivity contribution in [3.63, 3.8) is 0 Å². The van der Waals surface area contributed by atoms with E-state index in [9.17, 15) is 22.8 Å². The van der Waals surface area contributed by atoms with Crippen LogP contribution in [-0.2, 0) is 24.2 Å². The third-order valence-corrected chi connectivity index (χ3v) is 7.19. The van der Waals surface area contributed by atoms with Crippen LogP contribution in [0.3, 0.4) is 0 Å². The third kappa shape index (κ3) is 5.83. The number of hydrogen-bond acceptors (Lipinski definition) is 6. The van der Waals surface area contributed by atoms with E-state index in [1.165, 1.54) is 25.1 Å². The molecule has 35 heavy (non-hydrogen) atoms. The van der Waals surface area contributed by atoms with E-state index in [-0.39, 0.29) is 27.5 Å². The van der Waals surface area contributed by atoms with Crippen LogP contribution in [0.25, 0.3) is 10.9 Å². The van der Waals surface area contributed by atoms with E-state index in [4.69, 9.17) is 16.3 Å². The van der Waals surface area contributed by atoms with Crippen molar-refractivity contribution >= 4 is 50.1 Å². The molecule has 1 atom stereocenters. The summed E-state index contributed by atoms with van der Waals surface area (Å²) in [7, 11) is -4.15. The van der Waals surface area contributed by atoms with E-state index in [2.05, 4.69) is 15.6 Å². The van der Waals surface area contributed by atoms with E-state index in [1.807, 2.05) is 6.07 Å². The highest BCUT2D eigenvalue weighted by atomic mass is 35.5. The van der Waals surface area contributed by atoms with Crippen LogP contribution in [0.2, 0.25) is 5.02 Å². The fourth-order valence-corrected chi connectivity index (χ4v) is 5.61. The predicted molar refractivity (Wildman–Crippen MR) is 131 cm³/mol. The molecule has 3 aromatic rings. The Bertz CT molecular complexity index is 1390. The number of H-pyrrole nitrogens is 1. The number of carbonyl (C=O) groups is 3. The lowest BCUT2D eigenvalue weighted by molar-refractivity contribution is -0.146. The first-order valence-electron chi connectivity index (χ1n) is 10.8. The highest BCUT2D eigenvalue weighted by Crippen LogP contribution is 2.34. The molecule has 1 aromatic heterocycles. The smallest absolute Gasteiger partial charge is 0.328 e. The molecule has 0 fully saturated rings. The van der Waals surface area contributed by atoms with Gasteiger partial charge in [-0.3, -0.25) is 9.59 Å². The Balaban J connectivity index is 1.96. The molecule has 0 radical (unpaired) electrons. The Kier molecular flexibility index (Phi) is 7.86. The van der Waals surface area contributed by atoms with Crippen LogP contribution < -0.4 is 10.6 Å². The lowest BCUT2D eigenvalue weighted by Gasteiger charge is -2.13. The van der Waals surface area contributed by atoms with Crippen LogP contribution in [0.1, 0.15) is 35.5 Å². The summed E-state index contributed by atoms with van der Waals surface area (Å²) in [6.07, 6.45) is 0. The molecule has 0 aliphatic heterocycles. The number of esters is 1. The molecule has 0 spiro atoms. The van der Waals surface area contributed by atoms with E-state index < -0.39 is 40.2 Å². The number of nitrogens with one attached hydrogen (secondary N) is 3. The molecule has 0 saturated heterocycles. The van der Waals surface area contributed by atoms with Gasteiger partial charge in [0.25, 0.3) is 5.91 Å². The fourth-order valence-electron chi connectivity index (χ4n) is 3.65. The zero-order chi connectivity index (χ0) is 25.9. The average Bonchev–Trinajstić information content (AvgIpc) is 3.16. The summed E-state index contributed by atoms with van der Waals surface area (Å²) in [5.41, 5.74) is 1.66. The number of aryl methyl sites for hydroxylation is 2. The van der Waals surface area contributed by atoms with Gasteiger partial charge in [-0.2, -0.15) is 0 Å². The van der Waals surface area contributed by atoms with E-state index in [0.717, 1.165) is 11.1 Å². The largest absolute Gasteiger partial charge is 0.464 e. The van der Waals surface area contributed by atoms with Crippen LogP contribution in [-0.4, -0.2) is 50.4 Å². The second-order valence-corrected chi connectivity index (χ2v) is 10.4. The zero-order valence-corrected chi connectivity index (χ0v) is 21.3. The maximum absolute atomic E-state index is 13.7. The standard InChI is InChI=1S/C24H26ClN3O6S/c1-5-34-24(31)15(4)27-20(29)12-26-23(30)21-22(18-11-16(25)6-7-19(18)28-21)35(32,33)17-9-13(2)8-14(3)10-17/h6-11,15,28H,5,12H2,1-4H3,(H,26,30)(H,27,29). The number of hydrogen-bond donors (Lipinski definition) is 3. The molecule has 0 aliphatic carbocycles. The topological polar surface area (TPSA) is 134 Å². The molecule has 0 saturated carbocycles. The van der Waals surface area contributed by atoms with Gasteiger partial charge in [-0.25, -0.2) is 13.2 Å². The number of halogens is 1. The van der Waals surface area contributed by atoms with Crippen molar-refractivity contribution in [2.24, 2.45) is 0 Å². The first-order valence-corrected chi connectivity index (χ1v) is 12.7. The van der Waals surface area contributed by atoms with Gasteiger partial charge >= 0.3 is 5.97 Å². The van der Waals surface area contributed by atoms with Crippen molar-refractivity contribution in [3.8, 4) is 0 Å². The summed E-state index contributed by atoms with van der Waals surface area (Å²) in [5.74, 6) is -2.06. The molecule has 2 amide bonds. The minimum atomic E-state index is -4.15. The van der Waals surface area contributed by atoms with Crippen molar-refractivity contribution in [2.45, 2.75) is 43.5 Å². The summed E-state index contributed by atoms with van der Waals surface area (Å²) >= 11 is 6.13. The van der Waals surface area contributed by atoms with E-state index in [0.29, 0.717) is 10.5 Å². The molecule has 0 bridgehead atoms. The number of carbonyl (C=O) groups excluding carboxylic acids is 3. The van der Waals surface area contributed by atoms with Gasteiger partial charge in [0.05, 0.1) is 18.0 Å². The van der Waals surface area contributed by atoms with Gasteiger partial charge in [0, 0.05) is 15.9 Å². The van der Waals surface area contributed by atoms with Gasteiger partial charge in [-0.1, -0.05) is 17.7 Å². The third-order valence-electron chi connectivity index (χ3n) is 5.14. The summed E-state index contributed by atoms with van der Waals surface area (Å²) in [5, 5.41) is 5.37. The first kappa shape index (κ1) is 26.2. The van der Waals surface area contributed by atoms with Crippen LogP contribution in [0.5, 0.6) is 0 Å². The fraction of sp³-hybridized carbons (Fsp3) is 0.292. The Morgan fingerprint density at radius 2 is 1.74 bits per heavy atom. The lowest BCUT2D eigenvalue weighted by atomic mass is 10.2. The molecular formula is C24H26ClN3O6S. The summed E-state index contributed by atoms with van der Waals surface area (Å²) < 4.78 is 32.2. The molecule has 0 aliphatic rings.